The summed E-state index contributed by atoms with van der Waals surface area (Å²) in [5.41, 5.74) is -1.49. The first-order chi connectivity index (χ1) is 12.8. The number of hydrogen-bond donors (Lipinski definition) is 1. The van der Waals surface area contributed by atoms with Gasteiger partial charge >= 0.3 is 11.9 Å². The minimum atomic E-state index is -1.44. The molecule has 140 valence electrons. The number of aliphatic carboxylic acids is 1. The van der Waals surface area contributed by atoms with Gasteiger partial charge in [0.05, 0.1) is 28.6 Å². The van der Waals surface area contributed by atoms with Crippen LogP contribution in [0.25, 0.3) is 22.1 Å². The first kappa shape index (κ1) is 18.6. The average Bonchev–Trinajstić information content (AvgIpc) is 2.66. The number of hydrogen-bond acceptors (Lipinski definition) is 6. The van der Waals surface area contributed by atoms with Crippen molar-refractivity contribution in [2.24, 2.45) is 0 Å². The lowest BCUT2D eigenvalue weighted by molar-refractivity contribution is -0.143. The molecule has 0 spiro atoms. The summed E-state index contributed by atoms with van der Waals surface area (Å²) in [6.45, 7) is 4.92. The van der Waals surface area contributed by atoms with Crippen molar-refractivity contribution >= 4 is 34.0 Å². The maximum Gasteiger partial charge on any atom is 0.340 e. The van der Waals surface area contributed by atoms with Gasteiger partial charge in [-0.1, -0.05) is 19.1 Å². The highest BCUT2D eigenvalue weighted by Gasteiger charge is 2.39. The van der Waals surface area contributed by atoms with Crippen LogP contribution in [0.5, 0.6) is 0 Å². The number of carbonyl (C=O) groups excluding carboxylic acids is 1. The number of fused-ring (bicyclic) bond motifs is 2. The lowest BCUT2D eigenvalue weighted by atomic mass is 9.81. The van der Waals surface area contributed by atoms with Crippen LogP contribution in [0.2, 0.25) is 0 Å². The lowest BCUT2D eigenvalue weighted by Crippen LogP contribution is -2.35. The normalized spacial score (nSPS) is 13.4. The van der Waals surface area contributed by atoms with Crippen LogP contribution in [0.1, 0.15) is 43.2 Å². The Kier molecular flexibility index (Phi) is 4.70. The molecule has 1 unspecified atom stereocenters. The second-order valence-electron chi connectivity index (χ2n) is 6.38. The van der Waals surface area contributed by atoms with E-state index in [4.69, 9.17) is 9.15 Å². The number of ether oxygens (including phenoxy) is 1. The average molecular weight is 369 g/mol. The summed E-state index contributed by atoms with van der Waals surface area (Å²) in [7, 11) is 0. The smallest absolute Gasteiger partial charge is 0.340 e. The maximum atomic E-state index is 12.8. The number of carbonyl (C=O) groups is 2. The molecule has 1 N–H and O–H groups in total. The molecule has 7 heteroatoms. The zero-order valence-electron chi connectivity index (χ0n) is 15.2. The summed E-state index contributed by atoms with van der Waals surface area (Å²) in [5.74, 6) is -1.86. The third-order valence-corrected chi connectivity index (χ3v) is 4.77. The van der Waals surface area contributed by atoms with Crippen LogP contribution in [0.3, 0.4) is 0 Å². The fourth-order valence-electron chi connectivity index (χ4n) is 2.93. The fourth-order valence-corrected chi connectivity index (χ4v) is 2.93. The van der Waals surface area contributed by atoms with Gasteiger partial charge in [-0.3, -0.25) is 9.59 Å². The largest absolute Gasteiger partial charge is 0.481 e. The molecule has 2 heterocycles. The van der Waals surface area contributed by atoms with Crippen molar-refractivity contribution in [2.45, 2.75) is 32.6 Å². The van der Waals surface area contributed by atoms with Crippen LogP contribution in [0, 0.1) is 0 Å². The molecule has 0 saturated heterocycles. The molecule has 0 fully saturated rings. The Labute approximate surface area is 154 Å². The molecule has 27 heavy (non-hydrogen) atoms. The van der Waals surface area contributed by atoms with Crippen LogP contribution in [0.4, 0.5) is 0 Å². The molecule has 2 aromatic heterocycles. The van der Waals surface area contributed by atoms with Crippen LogP contribution < -0.4 is 5.43 Å². The van der Waals surface area contributed by atoms with Gasteiger partial charge in [-0.2, -0.15) is 0 Å². The number of pyridine rings is 1. The monoisotopic (exact) mass is 369 g/mol. The van der Waals surface area contributed by atoms with E-state index in [1.807, 2.05) is 0 Å². The number of aromatic nitrogens is 1. The van der Waals surface area contributed by atoms with Gasteiger partial charge in [-0.15, -0.1) is 0 Å². The number of rotatable bonds is 5. The summed E-state index contributed by atoms with van der Waals surface area (Å²) >= 11 is 0. The molecule has 0 aliphatic carbocycles. The van der Waals surface area contributed by atoms with Crippen molar-refractivity contribution < 1.29 is 23.8 Å². The molecular formula is C20H19NO6. The summed E-state index contributed by atoms with van der Waals surface area (Å²) in [5, 5.41) is 10.2. The van der Waals surface area contributed by atoms with E-state index >= 15 is 0 Å². The molecule has 7 nitrogen and oxygen atoms in total. The first-order valence-corrected chi connectivity index (χ1v) is 8.61. The molecule has 0 saturated carbocycles. The SMILES string of the molecule is CCOC(=O)c1cc2c(=O)c3ccccc3oc2nc1C(C)(CC)C(=O)O. The van der Waals surface area contributed by atoms with E-state index in [-0.39, 0.29) is 40.8 Å². The van der Waals surface area contributed by atoms with E-state index < -0.39 is 17.4 Å². The summed E-state index contributed by atoms with van der Waals surface area (Å²) < 4.78 is 10.8. The van der Waals surface area contributed by atoms with E-state index in [1.54, 1.807) is 38.1 Å². The van der Waals surface area contributed by atoms with Gasteiger partial charge in [-0.25, -0.2) is 9.78 Å². The van der Waals surface area contributed by atoms with E-state index in [0.717, 1.165) is 0 Å². The van der Waals surface area contributed by atoms with E-state index in [1.165, 1.54) is 13.0 Å². The molecule has 1 atom stereocenters. The minimum Gasteiger partial charge on any atom is -0.481 e. The Balaban J connectivity index is 2.44. The fraction of sp³-hybridized carbons (Fsp3) is 0.300. The highest BCUT2D eigenvalue weighted by atomic mass is 16.5. The second-order valence-corrected chi connectivity index (χ2v) is 6.38. The molecular weight excluding hydrogens is 350 g/mol. The van der Waals surface area contributed by atoms with Crippen LogP contribution in [0.15, 0.2) is 39.5 Å². The van der Waals surface area contributed by atoms with Crippen LogP contribution in [-0.4, -0.2) is 28.6 Å². The Morgan fingerprint density at radius 2 is 1.93 bits per heavy atom. The number of carboxylic acid groups (broad SMARTS) is 1. The topological polar surface area (TPSA) is 107 Å². The van der Waals surface area contributed by atoms with Crippen LogP contribution >= 0.6 is 0 Å². The predicted molar refractivity (Wildman–Crippen MR) is 99.0 cm³/mol. The quantitative estimate of drug-likeness (QED) is 0.543. The lowest BCUT2D eigenvalue weighted by Gasteiger charge is -2.24. The Morgan fingerprint density at radius 3 is 2.56 bits per heavy atom. The zero-order chi connectivity index (χ0) is 19.8. The molecule has 0 amide bonds. The summed E-state index contributed by atoms with van der Waals surface area (Å²) in [6.07, 6.45) is 0.186. The van der Waals surface area contributed by atoms with E-state index in [9.17, 15) is 19.5 Å². The number of carboxylic acids is 1. The van der Waals surface area contributed by atoms with Crippen molar-refractivity contribution in [1.29, 1.82) is 0 Å². The van der Waals surface area contributed by atoms with Gasteiger partial charge in [0, 0.05) is 0 Å². The van der Waals surface area contributed by atoms with Crippen molar-refractivity contribution in [3.05, 3.63) is 51.8 Å². The highest BCUT2D eigenvalue weighted by Crippen LogP contribution is 2.32. The van der Waals surface area contributed by atoms with Crippen molar-refractivity contribution in [3.8, 4) is 0 Å². The zero-order valence-corrected chi connectivity index (χ0v) is 15.2. The summed E-state index contributed by atoms with van der Waals surface area (Å²) in [6, 6.07) is 8.00. The molecule has 0 bridgehead atoms. The number of para-hydroxylation sites is 1. The minimum absolute atomic E-state index is 0.0114. The molecule has 3 rings (SSSR count). The molecule has 1 aromatic carbocycles. The standard InChI is InChI=1S/C20H19NO6/c1-4-20(3,19(24)25)16-13(18(23)26-5-2)10-12-15(22)11-8-6-7-9-14(11)27-17(12)21-16/h6-10H,4-5H2,1-3H3,(H,24,25). The first-order valence-electron chi connectivity index (χ1n) is 8.61. The van der Waals surface area contributed by atoms with E-state index in [2.05, 4.69) is 4.98 Å². The van der Waals surface area contributed by atoms with Gasteiger partial charge in [0.15, 0.2) is 0 Å². The van der Waals surface area contributed by atoms with Gasteiger partial charge in [-0.05, 0) is 38.5 Å². The Bertz CT molecular complexity index is 1120. The number of benzene rings is 1. The molecule has 0 radical (unpaired) electrons. The third kappa shape index (κ3) is 2.95. The Hall–Kier alpha value is -3.22. The van der Waals surface area contributed by atoms with Crippen molar-refractivity contribution in [2.75, 3.05) is 6.61 Å². The van der Waals surface area contributed by atoms with E-state index in [0.29, 0.717) is 11.0 Å². The molecule has 0 aliphatic rings. The molecule has 3 aromatic rings. The number of esters is 1. The molecule has 0 aliphatic heterocycles. The predicted octanol–water partition coefficient (Wildman–Crippen LogP) is 3.27. The van der Waals surface area contributed by atoms with Crippen molar-refractivity contribution in [1.82, 2.24) is 4.98 Å². The maximum absolute atomic E-state index is 12.8. The second kappa shape index (κ2) is 6.83. The van der Waals surface area contributed by atoms with Gasteiger partial charge in [0.25, 0.3) is 0 Å². The third-order valence-electron chi connectivity index (χ3n) is 4.77. The summed E-state index contributed by atoms with van der Waals surface area (Å²) in [4.78, 5) is 41.5. The van der Waals surface area contributed by atoms with Crippen molar-refractivity contribution in [3.63, 3.8) is 0 Å². The van der Waals surface area contributed by atoms with Gasteiger partial charge in [0.1, 0.15) is 11.0 Å². The Morgan fingerprint density at radius 1 is 1.22 bits per heavy atom. The van der Waals surface area contributed by atoms with Gasteiger partial charge < -0.3 is 14.3 Å². The van der Waals surface area contributed by atoms with Gasteiger partial charge in [0.2, 0.25) is 11.1 Å². The van der Waals surface area contributed by atoms with Crippen LogP contribution in [-0.2, 0) is 14.9 Å². The number of nitrogens with zero attached hydrogens (tertiary/aromatic N) is 1. The highest BCUT2D eigenvalue weighted by molar-refractivity contribution is 5.98.